The van der Waals surface area contributed by atoms with Crippen LogP contribution in [0.15, 0.2) is 30.3 Å². The SMILES string of the molecule is C[C@](O)(Cl)c1ccccc1. The summed E-state index contributed by atoms with van der Waals surface area (Å²) in [7, 11) is 0. The van der Waals surface area contributed by atoms with Gasteiger partial charge in [0.2, 0.25) is 0 Å². The second-order valence-corrected chi connectivity index (χ2v) is 3.06. The van der Waals surface area contributed by atoms with E-state index in [1.165, 1.54) is 0 Å². The molecular formula is C8H9ClO. The van der Waals surface area contributed by atoms with Crippen molar-refractivity contribution in [1.29, 1.82) is 0 Å². The molecule has 1 nitrogen and oxygen atoms in total. The predicted octanol–water partition coefficient (Wildman–Crippen LogP) is 2.09. The summed E-state index contributed by atoms with van der Waals surface area (Å²) in [5.41, 5.74) is 0.719. The summed E-state index contributed by atoms with van der Waals surface area (Å²) in [5.74, 6) is 0. The Morgan fingerprint density at radius 1 is 1.30 bits per heavy atom. The molecule has 1 rings (SSSR count). The van der Waals surface area contributed by atoms with Gasteiger partial charge in [0.1, 0.15) is 0 Å². The molecule has 0 bridgehead atoms. The van der Waals surface area contributed by atoms with Crippen molar-refractivity contribution in [2.45, 2.75) is 12.0 Å². The number of halogens is 1. The average Bonchev–Trinajstić information content (AvgIpc) is 1.88. The summed E-state index contributed by atoms with van der Waals surface area (Å²) in [4.78, 5) is 0. The van der Waals surface area contributed by atoms with Crippen molar-refractivity contribution in [3.63, 3.8) is 0 Å². The minimum Gasteiger partial charge on any atom is -0.371 e. The van der Waals surface area contributed by atoms with E-state index in [0.717, 1.165) is 5.56 Å². The Balaban J connectivity index is 2.97. The minimum absolute atomic E-state index is 0.719. The molecule has 1 atom stereocenters. The smallest absolute Gasteiger partial charge is 0.161 e. The van der Waals surface area contributed by atoms with E-state index in [9.17, 15) is 5.11 Å². The minimum atomic E-state index is -1.23. The van der Waals surface area contributed by atoms with Gasteiger partial charge in [-0.15, -0.1) is 0 Å². The molecule has 2 heteroatoms. The molecule has 1 aromatic carbocycles. The van der Waals surface area contributed by atoms with Gasteiger partial charge in [0.25, 0.3) is 0 Å². The van der Waals surface area contributed by atoms with Crippen LogP contribution in [0.1, 0.15) is 12.5 Å². The Kier molecular flexibility index (Phi) is 1.97. The highest BCUT2D eigenvalue weighted by atomic mass is 35.5. The zero-order valence-corrected chi connectivity index (χ0v) is 6.47. The third-order valence-corrected chi connectivity index (χ3v) is 1.52. The van der Waals surface area contributed by atoms with Crippen molar-refractivity contribution in [1.82, 2.24) is 0 Å². The second-order valence-electron chi connectivity index (χ2n) is 2.32. The molecule has 10 heavy (non-hydrogen) atoms. The maximum atomic E-state index is 9.25. The number of benzene rings is 1. The van der Waals surface area contributed by atoms with Crippen LogP contribution in [0.5, 0.6) is 0 Å². The third kappa shape index (κ3) is 1.72. The Bertz CT molecular complexity index is 200. The Labute approximate surface area is 65.3 Å². The van der Waals surface area contributed by atoms with E-state index in [1.54, 1.807) is 19.1 Å². The predicted molar refractivity (Wildman–Crippen MR) is 41.9 cm³/mol. The van der Waals surface area contributed by atoms with Gasteiger partial charge in [-0.3, -0.25) is 0 Å². The van der Waals surface area contributed by atoms with Crippen molar-refractivity contribution in [2.24, 2.45) is 0 Å². The monoisotopic (exact) mass is 156 g/mol. The summed E-state index contributed by atoms with van der Waals surface area (Å²) in [6.45, 7) is 1.55. The zero-order valence-electron chi connectivity index (χ0n) is 5.71. The van der Waals surface area contributed by atoms with Crippen LogP contribution in [0.4, 0.5) is 0 Å². The fraction of sp³-hybridized carbons (Fsp3) is 0.250. The van der Waals surface area contributed by atoms with E-state index in [2.05, 4.69) is 0 Å². The van der Waals surface area contributed by atoms with Crippen LogP contribution in [0.25, 0.3) is 0 Å². The average molecular weight is 157 g/mol. The van der Waals surface area contributed by atoms with Gasteiger partial charge in [-0.1, -0.05) is 41.9 Å². The molecule has 0 saturated carbocycles. The van der Waals surface area contributed by atoms with Crippen molar-refractivity contribution < 1.29 is 5.11 Å². The third-order valence-electron chi connectivity index (χ3n) is 1.30. The number of aliphatic hydroxyl groups is 1. The quantitative estimate of drug-likeness (QED) is 0.618. The first-order valence-corrected chi connectivity index (χ1v) is 3.45. The molecule has 0 radical (unpaired) electrons. The number of rotatable bonds is 1. The normalized spacial score (nSPS) is 16.3. The second kappa shape index (κ2) is 2.60. The van der Waals surface area contributed by atoms with Crippen LogP contribution in [-0.2, 0) is 5.06 Å². The van der Waals surface area contributed by atoms with E-state index in [4.69, 9.17) is 11.6 Å². The Morgan fingerprint density at radius 2 is 1.80 bits per heavy atom. The van der Waals surface area contributed by atoms with Crippen LogP contribution >= 0.6 is 11.6 Å². The van der Waals surface area contributed by atoms with Crippen molar-refractivity contribution >= 4 is 11.6 Å². The largest absolute Gasteiger partial charge is 0.371 e. The maximum absolute atomic E-state index is 9.25. The Morgan fingerprint density at radius 3 is 2.10 bits per heavy atom. The van der Waals surface area contributed by atoms with E-state index >= 15 is 0 Å². The molecule has 0 spiro atoms. The van der Waals surface area contributed by atoms with Crippen molar-refractivity contribution in [2.75, 3.05) is 0 Å². The molecule has 0 unspecified atom stereocenters. The summed E-state index contributed by atoms with van der Waals surface area (Å²) in [6, 6.07) is 9.13. The van der Waals surface area contributed by atoms with Gasteiger partial charge in [-0.05, 0) is 12.5 Å². The molecule has 0 aliphatic heterocycles. The lowest BCUT2D eigenvalue weighted by molar-refractivity contribution is 0.150. The van der Waals surface area contributed by atoms with Gasteiger partial charge in [0.05, 0.1) is 0 Å². The molecule has 0 heterocycles. The standard InChI is InChI=1S/C8H9ClO/c1-8(9,10)7-5-3-2-4-6-7/h2-6,10H,1H3/t8-/m1/s1. The van der Waals surface area contributed by atoms with Crippen LogP contribution < -0.4 is 0 Å². The topological polar surface area (TPSA) is 20.2 Å². The molecule has 1 N–H and O–H groups in total. The molecule has 0 aliphatic carbocycles. The van der Waals surface area contributed by atoms with Crippen LogP contribution in [-0.4, -0.2) is 5.11 Å². The fourth-order valence-electron chi connectivity index (χ4n) is 0.742. The van der Waals surface area contributed by atoms with Crippen LogP contribution in [0.2, 0.25) is 0 Å². The van der Waals surface area contributed by atoms with Crippen LogP contribution in [0, 0.1) is 0 Å². The van der Waals surface area contributed by atoms with Gasteiger partial charge in [-0.2, -0.15) is 0 Å². The molecule has 0 amide bonds. The summed E-state index contributed by atoms with van der Waals surface area (Å²) >= 11 is 5.61. The molecule has 0 fully saturated rings. The van der Waals surface area contributed by atoms with Gasteiger partial charge >= 0.3 is 0 Å². The lowest BCUT2D eigenvalue weighted by Gasteiger charge is -2.13. The maximum Gasteiger partial charge on any atom is 0.161 e. The van der Waals surface area contributed by atoms with Gasteiger partial charge < -0.3 is 5.11 Å². The highest BCUT2D eigenvalue weighted by Crippen LogP contribution is 2.23. The summed E-state index contributed by atoms with van der Waals surface area (Å²) in [5, 5.41) is 8.02. The molecule has 54 valence electrons. The first-order valence-electron chi connectivity index (χ1n) is 3.07. The summed E-state index contributed by atoms with van der Waals surface area (Å²) in [6.07, 6.45) is 0. The van der Waals surface area contributed by atoms with Gasteiger partial charge in [0.15, 0.2) is 5.06 Å². The first-order chi connectivity index (χ1) is 4.61. The molecule has 1 aromatic rings. The van der Waals surface area contributed by atoms with E-state index in [0.29, 0.717) is 0 Å². The number of alkyl halides is 1. The van der Waals surface area contributed by atoms with Crippen molar-refractivity contribution in [3.05, 3.63) is 35.9 Å². The number of hydrogen-bond acceptors (Lipinski definition) is 1. The Hall–Kier alpha value is -0.530. The van der Waals surface area contributed by atoms with E-state index in [1.807, 2.05) is 18.2 Å². The first kappa shape index (κ1) is 7.58. The lowest BCUT2D eigenvalue weighted by Crippen LogP contribution is -2.10. The number of hydrogen-bond donors (Lipinski definition) is 1. The zero-order chi connectivity index (χ0) is 7.61. The molecule has 0 aliphatic rings. The van der Waals surface area contributed by atoms with Gasteiger partial charge in [-0.25, -0.2) is 0 Å². The molecule has 0 aromatic heterocycles. The lowest BCUT2D eigenvalue weighted by atomic mass is 10.1. The van der Waals surface area contributed by atoms with Crippen LogP contribution in [0.3, 0.4) is 0 Å². The van der Waals surface area contributed by atoms with E-state index in [-0.39, 0.29) is 0 Å². The van der Waals surface area contributed by atoms with E-state index < -0.39 is 5.06 Å². The fourth-order valence-corrected chi connectivity index (χ4v) is 0.868. The van der Waals surface area contributed by atoms with Gasteiger partial charge in [0, 0.05) is 0 Å². The highest BCUT2D eigenvalue weighted by molar-refractivity contribution is 6.22. The highest BCUT2D eigenvalue weighted by Gasteiger charge is 2.17. The molecular weight excluding hydrogens is 148 g/mol. The molecule has 0 saturated heterocycles. The summed E-state index contributed by atoms with van der Waals surface area (Å²) < 4.78 is 0. The van der Waals surface area contributed by atoms with Crippen molar-refractivity contribution in [3.8, 4) is 0 Å².